The van der Waals surface area contributed by atoms with Crippen LogP contribution in [0.2, 0.25) is 0 Å². The van der Waals surface area contributed by atoms with Crippen molar-refractivity contribution in [2.24, 2.45) is 11.8 Å². The summed E-state index contributed by atoms with van der Waals surface area (Å²) < 4.78 is 0. The topological polar surface area (TPSA) is 12.0 Å². The Bertz CT molecular complexity index is 106. The minimum atomic E-state index is 0.727. The summed E-state index contributed by atoms with van der Waals surface area (Å²) in [5, 5.41) is 3.60. The van der Waals surface area contributed by atoms with Crippen LogP contribution < -0.4 is 5.32 Å². The Morgan fingerprint density at radius 2 is 1.69 bits per heavy atom. The van der Waals surface area contributed by atoms with Gasteiger partial charge in [-0.2, -0.15) is 0 Å². The average molecular weight is 185 g/mol. The molecular formula is C12H27N. The molecule has 0 aliphatic rings. The predicted molar refractivity (Wildman–Crippen MR) is 61.0 cm³/mol. The van der Waals surface area contributed by atoms with Crippen molar-refractivity contribution in [3.8, 4) is 0 Å². The zero-order chi connectivity index (χ0) is 10.3. The molecule has 0 bridgehead atoms. The van der Waals surface area contributed by atoms with E-state index in [0.717, 1.165) is 24.4 Å². The zero-order valence-electron chi connectivity index (χ0n) is 10.1. The standard InChI is InChI=1S/C12H27N/c1-6-9-12(13-8-3)11(5)10(4)7-2/h10-13H,6-9H2,1-5H3. The van der Waals surface area contributed by atoms with Gasteiger partial charge < -0.3 is 5.32 Å². The summed E-state index contributed by atoms with van der Waals surface area (Å²) in [6.45, 7) is 12.6. The van der Waals surface area contributed by atoms with Crippen molar-refractivity contribution < 1.29 is 0 Å². The number of rotatable bonds is 7. The molecule has 0 aliphatic heterocycles. The second-order valence-electron chi connectivity index (χ2n) is 4.20. The van der Waals surface area contributed by atoms with Gasteiger partial charge in [0.15, 0.2) is 0 Å². The molecular weight excluding hydrogens is 158 g/mol. The zero-order valence-corrected chi connectivity index (χ0v) is 10.1. The summed E-state index contributed by atoms with van der Waals surface area (Å²) in [4.78, 5) is 0. The van der Waals surface area contributed by atoms with E-state index >= 15 is 0 Å². The molecule has 0 saturated carbocycles. The van der Waals surface area contributed by atoms with Gasteiger partial charge in [-0.1, -0.05) is 47.5 Å². The lowest BCUT2D eigenvalue weighted by Gasteiger charge is -2.28. The summed E-state index contributed by atoms with van der Waals surface area (Å²) >= 11 is 0. The third kappa shape index (κ3) is 4.66. The van der Waals surface area contributed by atoms with E-state index in [1.54, 1.807) is 0 Å². The quantitative estimate of drug-likeness (QED) is 0.640. The van der Waals surface area contributed by atoms with Crippen LogP contribution in [0.15, 0.2) is 0 Å². The highest BCUT2D eigenvalue weighted by molar-refractivity contribution is 4.75. The van der Waals surface area contributed by atoms with Crippen LogP contribution in [0.4, 0.5) is 0 Å². The van der Waals surface area contributed by atoms with E-state index in [1.807, 2.05) is 0 Å². The fourth-order valence-electron chi connectivity index (χ4n) is 1.89. The average Bonchev–Trinajstić information content (AvgIpc) is 2.15. The van der Waals surface area contributed by atoms with Crippen LogP contribution in [0.1, 0.15) is 53.9 Å². The molecule has 0 aliphatic carbocycles. The highest BCUT2D eigenvalue weighted by Crippen LogP contribution is 2.21. The molecule has 0 amide bonds. The lowest BCUT2D eigenvalue weighted by molar-refractivity contribution is 0.267. The number of hydrogen-bond donors (Lipinski definition) is 1. The fraction of sp³-hybridized carbons (Fsp3) is 1.00. The fourth-order valence-corrected chi connectivity index (χ4v) is 1.89. The van der Waals surface area contributed by atoms with Crippen molar-refractivity contribution in [1.82, 2.24) is 5.32 Å². The van der Waals surface area contributed by atoms with Crippen LogP contribution in [0.25, 0.3) is 0 Å². The van der Waals surface area contributed by atoms with Gasteiger partial charge in [0.2, 0.25) is 0 Å². The third-order valence-corrected chi connectivity index (χ3v) is 3.24. The molecule has 80 valence electrons. The van der Waals surface area contributed by atoms with Crippen LogP contribution in [-0.2, 0) is 0 Å². The van der Waals surface area contributed by atoms with Crippen LogP contribution in [0.5, 0.6) is 0 Å². The molecule has 0 spiro atoms. The smallest absolute Gasteiger partial charge is 0.00950 e. The lowest BCUT2D eigenvalue weighted by Crippen LogP contribution is -2.37. The Balaban J connectivity index is 4.00. The molecule has 0 saturated heterocycles. The van der Waals surface area contributed by atoms with E-state index in [2.05, 4.69) is 39.9 Å². The van der Waals surface area contributed by atoms with Gasteiger partial charge in [-0.3, -0.25) is 0 Å². The number of nitrogens with one attached hydrogen (secondary N) is 1. The molecule has 3 atom stereocenters. The maximum absolute atomic E-state index is 3.60. The van der Waals surface area contributed by atoms with Gasteiger partial charge in [0.1, 0.15) is 0 Å². The molecule has 0 aromatic heterocycles. The van der Waals surface area contributed by atoms with E-state index in [9.17, 15) is 0 Å². The van der Waals surface area contributed by atoms with Crippen LogP contribution >= 0.6 is 0 Å². The molecule has 0 radical (unpaired) electrons. The third-order valence-electron chi connectivity index (χ3n) is 3.24. The molecule has 1 N–H and O–H groups in total. The molecule has 13 heavy (non-hydrogen) atoms. The highest BCUT2D eigenvalue weighted by atomic mass is 14.9. The molecule has 0 fully saturated rings. The van der Waals surface area contributed by atoms with Gasteiger partial charge >= 0.3 is 0 Å². The maximum atomic E-state index is 3.60. The Morgan fingerprint density at radius 3 is 2.08 bits per heavy atom. The second kappa shape index (κ2) is 7.37. The summed E-state index contributed by atoms with van der Waals surface area (Å²) in [6.07, 6.45) is 3.91. The van der Waals surface area contributed by atoms with Crippen molar-refractivity contribution in [1.29, 1.82) is 0 Å². The minimum absolute atomic E-state index is 0.727. The van der Waals surface area contributed by atoms with Crippen molar-refractivity contribution in [2.75, 3.05) is 6.54 Å². The summed E-state index contributed by atoms with van der Waals surface area (Å²) in [5.41, 5.74) is 0. The normalized spacial score (nSPS) is 18.2. The highest BCUT2D eigenvalue weighted by Gasteiger charge is 2.19. The molecule has 0 aromatic rings. The largest absolute Gasteiger partial charge is 0.314 e. The van der Waals surface area contributed by atoms with E-state index < -0.39 is 0 Å². The first-order chi connectivity index (χ1) is 6.17. The second-order valence-corrected chi connectivity index (χ2v) is 4.20. The molecule has 3 unspecified atom stereocenters. The number of hydrogen-bond acceptors (Lipinski definition) is 1. The van der Waals surface area contributed by atoms with Gasteiger partial charge in [0.25, 0.3) is 0 Å². The van der Waals surface area contributed by atoms with Gasteiger partial charge in [0, 0.05) is 6.04 Å². The molecule has 0 heterocycles. The Kier molecular flexibility index (Phi) is 7.35. The Hall–Kier alpha value is -0.0400. The predicted octanol–water partition coefficient (Wildman–Crippen LogP) is 3.45. The van der Waals surface area contributed by atoms with Gasteiger partial charge in [-0.15, -0.1) is 0 Å². The van der Waals surface area contributed by atoms with Gasteiger partial charge in [-0.05, 0) is 24.8 Å². The molecule has 1 heteroatoms. The minimum Gasteiger partial charge on any atom is -0.314 e. The summed E-state index contributed by atoms with van der Waals surface area (Å²) in [5.74, 6) is 1.65. The molecule has 0 rings (SSSR count). The van der Waals surface area contributed by atoms with Crippen molar-refractivity contribution in [2.45, 2.75) is 59.9 Å². The van der Waals surface area contributed by atoms with Gasteiger partial charge in [-0.25, -0.2) is 0 Å². The summed E-state index contributed by atoms with van der Waals surface area (Å²) in [7, 11) is 0. The first-order valence-corrected chi connectivity index (χ1v) is 5.90. The SMILES string of the molecule is CCCC(NCC)C(C)C(C)CC. The van der Waals surface area contributed by atoms with Crippen molar-refractivity contribution in [3.63, 3.8) is 0 Å². The maximum Gasteiger partial charge on any atom is 0.00950 e. The molecule has 1 nitrogen and oxygen atoms in total. The summed E-state index contributed by atoms with van der Waals surface area (Å²) in [6, 6.07) is 0.727. The van der Waals surface area contributed by atoms with E-state index in [-0.39, 0.29) is 0 Å². The van der Waals surface area contributed by atoms with Crippen LogP contribution in [0, 0.1) is 11.8 Å². The van der Waals surface area contributed by atoms with Gasteiger partial charge in [0.05, 0.1) is 0 Å². The van der Waals surface area contributed by atoms with Crippen LogP contribution in [0.3, 0.4) is 0 Å². The molecule has 0 aromatic carbocycles. The van der Waals surface area contributed by atoms with Crippen molar-refractivity contribution in [3.05, 3.63) is 0 Å². The first kappa shape index (κ1) is 13.0. The van der Waals surface area contributed by atoms with Crippen molar-refractivity contribution >= 4 is 0 Å². The monoisotopic (exact) mass is 185 g/mol. The Labute approximate surface area is 84.3 Å². The lowest BCUT2D eigenvalue weighted by atomic mass is 9.85. The van der Waals surface area contributed by atoms with E-state index in [4.69, 9.17) is 0 Å². The van der Waals surface area contributed by atoms with E-state index in [1.165, 1.54) is 19.3 Å². The van der Waals surface area contributed by atoms with E-state index in [0.29, 0.717) is 0 Å². The first-order valence-electron chi connectivity index (χ1n) is 5.90. The van der Waals surface area contributed by atoms with Crippen LogP contribution in [-0.4, -0.2) is 12.6 Å². The Morgan fingerprint density at radius 1 is 1.08 bits per heavy atom.